The Morgan fingerprint density at radius 1 is 1.15 bits per heavy atom. The summed E-state index contributed by atoms with van der Waals surface area (Å²) in [5.74, 6) is 0.0209. The number of fused-ring (bicyclic) bond motifs is 1. The maximum absolute atomic E-state index is 13.2. The largest absolute Gasteiger partial charge is 0.444 e. The maximum atomic E-state index is 13.2. The van der Waals surface area contributed by atoms with E-state index in [-0.39, 0.29) is 11.7 Å². The van der Waals surface area contributed by atoms with Crippen LogP contribution in [0.15, 0.2) is 45.7 Å². The fourth-order valence-corrected chi connectivity index (χ4v) is 3.53. The molecule has 1 fully saturated rings. The first-order valence-corrected chi connectivity index (χ1v) is 9.27. The average Bonchev–Trinajstić information content (AvgIpc) is 3.25. The van der Waals surface area contributed by atoms with Crippen molar-refractivity contribution >= 4 is 32.9 Å². The van der Waals surface area contributed by atoms with E-state index in [2.05, 4.69) is 25.8 Å². The van der Waals surface area contributed by atoms with Crippen molar-refractivity contribution in [1.82, 2.24) is 19.4 Å². The summed E-state index contributed by atoms with van der Waals surface area (Å²) in [6.07, 6.45) is 1.75. The van der Waals surface area contributed by atoms with Crippen LogP contribution in [0, 0.1) is 5.82 Å². The first-order valence-electron chi connectivity index (χ1n) is 8.47. The van der Waals surface area contributed by atoms with Gasteiger partial charge in [-0.05, 0) is 40.2 Å². The van der Waals surface area contributed by atoms with Crippen molar-refractivity contribution in [2.24, 2.45) is 0 Å². The minimum Gasteiger partial charge on any atom is -0.444 e. The van der Waals surface area contributed by atoms with Gasteiger partial charge in [-0.1, -0.05) is 0 Å². The number of nitrogens with zero attached hydrogens (tertiary/aromatic N) is 4. The Balaban J connectivity index is 1.31. The molecule has 4 rings (SSSR count). The summed E-state index contributed by atoms with van der Waals surface area (Å²) >= 11 is 3.22. The number of halogens is 2. The molecule has 26 heavy (non-hydrogen) atoms. The van der Waals surface area contributed by atoms with Gasteiger partial charge < -0.3 is 13.9 Å². The summed E-state index contributed by atoms with van der Waals surface area (Å²) < 4.78 is 21.2. The van der Waals surface area contributed by atoms with Crippen LogP contribution in [0.4, 0.5) is 4.39 Å². The van der Waals surface area contributed by atoms with Crippen molar-refractivity contribution < 1.29 is 13.6 Å². The van der Waals surface area contributed by atoms with Gasteiger partial charge in [0.05, 0.1) is 17.4 Å². The SMILES string of the molecule is O=C(c1ccc(Br)o1)N1CCN(CCn2cnc3cc(F)ccc32)CC1. The summed E-state index contributed by atoms with van der Waals surface area (Å²) in [6, 6.07) is 8.08. The summed E-state index contributed by atoms with van der Waals surface area (Å²) in [5, 5.41) is 0. The highest BCUT2D eigenvalue weighted by atomic mass is 79.9. The van der Waals surface area contributed by atoms with E-state index in [9.17, 15) is 9.18 Å². The van der Waals surface area contributed by atoms with Gasteiger partial charge in [0.25, 0.3) is 5.91 Å². The molecule has 3 aromatic rings. The highest BCUT2D eigenvalue weighted by molar-refractivity contribution is 9.10. The lowest BCUT2D eigenvalue weighted by molar-refractivity contribution is 0.0601. The topological polar surface area (TPSA) is 54.5 Å². The molecule has 8 heteroatoms. The van der Waals surface area contributed by atoms with Crippen LogP contribution in [0.5, 0.6) is 0 Å². The zero-order valence-corrected chi connectivity index (χ0v) is 15.7. The van der Waals surface area contributed by atoms with Gasteiger partial charge in [0.1, 0.15) is 5.82 Å². The number of benzene rings is 1. The fourth-order valence-electron chi connectivity index (χ4n) is 3.22. The molecule has 0 N–H and O–H groups in total. The molecule has 1 aliphatic rings. The molecule has 0 atom stereocenters. The standard InChI is InChI=1S/C18H18BrFN4O2/c19-17-4-3-16(26-17)18(25)23-8-5-22(6-9-23)7-10-24-12-21-14-11-13(20)1-2-15(14)24/h1-4,11-12H,5-10H2. The number of hydrogen-bond acceptors (Lipinski definition) is 4. The molecule has 0 radical (unpaired) electrons. The van der Waals surface area contributed by atoms with Crippen molar-refractivity contribution in [2.45, 2.75) is 6.54 Å². The monoisotopic (exact) mass is 420 g/mol. The minimum absolute atomic E-state index is 0.0713. The van der Waals surface area contributed by atoms with Crippen LogP contribution in [-0.2, 0) is 6.54 Å². The number of carbonyl (C=O) groups is 1. The van der Waals surface area contributed by atoms with E-state index in [0.717, 1.165) is 31.7 Å². The fraction of sp³-hybridized carbons (Fsp3) is 0.333. The third kappa shape index (κ3) is 3.52. The average molecular weight is 421 g/mol. The van der Waals surface area contributed by atoms with Crippen LogP contribution >= 0.6 is 15.9 Å². The smallest absolute Gasteiger partial charge is 0.289 e. The number of carbonyl (C=O) groups excluding carboxylic acids is 1. The van der Waals surface area contributed by atoms with Crippen LogP contribution in [0.1, 0.15) is 10.6 Å². The molecule has 1 saturated heterocycles. The zero-order valence-electron chi connectivity index (χ0n) is 14.1. The Morgan fingerprint density at radius 3 is 2.69 bits per heavy atom. The maximum Gasteiger partial charge on any atom is 0.289 e. The Kier molecular flexibility index (Phi) is 4.78. The molecule has 0 unspecified atom stereocenters. The first-order chi connectivity index (χ1) is 12.6. The van der Waals surface area contributed by atoms with E-state index in [1.54, 1.807) is 24.5 Å². The summed E-state index contributed by atoms with van der Waals surface area (Å²) in [6.45, 7) is 4.61. The summed E-state index contributed by atoms with van der Waals surface area (Å²) in [7, 11) is 0. The molecule has 0 spiro atoms. The van der Waals surface area contributed by atoms with Crippen molar-refractivity contribution in [3.05, 3.63) is 52.9 Å². The predicted octanol–water partition coefficient (Wildman–Crippen LogP) is 2.99. The number of hydrogen-bond donors (Lipinski definition) is 0. The number of furan rings is 1. The van der Waals surface area contributed by atoms with Gasteiger partial charge >= 0.3 is 0 Å². The molecule has 2 aromatic heterocycles. The molecule has 0 bridgehead atoms. The van der Waals surface area contributed by atoms with Gasteiger partial charge in [-0.2, -0.15) is 0 Å². The molecule has 0 saturated carbocycles. The number of rotatable bonds is 4. The Morgan fingerprint density at radius 2 is 1.96 bits per heavy atom. The highest BCUT2D eigenvalue weighted by Gasteiger charge is 2.24. The van der Waals surface area contributed by atoms with Crippen LogP contribution in [0.3, 0.4) is 0 Å². The Labute approximate surface area is 158 Å². The number of imidazole rings is 1. The van der Waals surface area contributed by atoms with Crippen molar-refractivity contribution in [2.75, 3.05) is 32.7 Å². The molecular formula is C18H18BrFN4O2. The van der Waals surface area contributed by atoms with E-state index < -0.39 is 0 Å². The van der Waals surface area contributed by atoms with Gasteiger partial charge in [0, 0.05) is 45.3 Å². The van der Waals surface area contributed by atoms with Crippen LogP contribution in [0.2, 0.25) is 0 Å². The second kappa shape index (κ2) is 7.20. The predicted molar refractivity (Wildman–Crippen MR) is 98.4 cm³/mol. The van der Waals surface area contributed by atoms with E-state index >= 15 is 0 Å². The molecule has 1 amide bonds. The lowest BCUT2D eigenvalue weighted by atomic mass is 10.2. The van der Waals surface area contributed by atoms with E-state index in [0.29, 0.717) is 29.0 Å². The van der Waals surface area contributed by atoms with Crippen molar-refractivity contribution in [3.63, 3.8) is 0 Å². The van der Waals surface area contributed by atoms with Gasteiger partial charge in [0.2, 0.25) is 0 Å². The second-order valence-electron chi connectivity index (χ2n) is 6.31. The van der Waals surface area contributed by atoms with Gasteiger partial charge in [0.15, 0.2) is 10.4 Å². The second-order valence-corrected chi connectivity index (χ2v) is 7.09. The third-order valence-corrected chi connectivity index (χ3v) is 5.11. The number of piperazine rings is 1. The zero-order chi connectivity index (χ0) is 18.1. The molecular weight excluding hydrogens is 403 g/mol. The molecule has 3 heterocycles. The van der Waals surface area contributed by atoms with Crippen LogP contribution < -0.4 is 0 Å². The van der Waals surface area contributed by atoms with Crippen molar-refractivity contribution in [1.29, 1.82) is 0 Å². The third-order valence-electron chi connectivity index (χ3n) is 4.68. The van der Waals surface area contributed by atoms with Crippen LogP contribution in [-0.4, -0.2) is 58.0 Å². The van der Waals surface area contributed by atoms with Crippen molar-refractivity contribution in [3.8, 4) is 0 Å². The number of amides is 1. The van der Waals surface area contributed by atoms with E-state index in [4.69, 9.17) is 4.42 Å². The summed E-state index contributed by atoms with van der Waals surface area (Å²) in [5.41, 5.74) is 1.61. The van der Waals surface area contributed by atoms with E-state index in [1.807, 2.05) is 9.47 Å². The quantitative estimate of drug-likeness (QED) is 0.650. The molecule has 6 nitrogen and oxygen atoms in total. The first kappa shape index (κ1) is 17.2. The van der Waals surface area contributed by atoms with Gasteiger partial charge in [-0.3, -0.25) is 9.69 Å². The highest BCUT2D eigenvalue weighted by Crippen LogP contribution is 2.17. The van der Waals surface area contributed by atoms with E-state index in [1.165, 1.54) is 12.1 Å². The van der Waals surface area contributed by atoms with Crippen LogP contribution in [0.25, 0.3) is 11.0 Å². The normalized spacial score (nSPS) is 15.7. The summed E-state index contributed by atoms with van der Waals surface area (Å²) in [4.78, 5) is 20.8. The van der Waals surface area contributed by atoms with Gasteiger partial charge in [-0.15, -0.1) is 0 Å². The molecule has 136 valence electrons. The Hall–Kier alpha value is -2.19. The lowest BCUT2D eigenvalue weighted by Crippen LogP contribution is -2.49. The molecule has 1 aliphatic heterocycles. The molecule has 1 aromatic carbocycles. The van der Waals surface area contributed by atoms with Gasteiger partial charge in [-0.25, -0.2) is 9.37 Å². The lowest BCUT2D eigenvalue weighted by Gasteiger charge is -2.34. The number of aromatic nitrogens is 2. The Bertz CT molecular complexity index is 930. The minimum atomic E-state index is -0.271. The molecule has 0 aliphatic carbocycles.